The van der Waals surface area contributed by atoms with Crippen LogP contribution in [0.3, 0.4) is 0 Å². The van der Waals surface area contributed by atoms with Crippen molar-refractivity contribution in [2.75, 3.05) is 0 Å². The topological polar surface area (TPSA) is 69.7 Å². The molecule has 5 nitrogen and oxygen atoms in total. The van der Waals surface area contributed by atoms with Crippen molar-refractivity contribution in [2.24, 2.45) is 11.3 Å². The van der Waals surface area contributed by atoms with Gasteiger partial charge in [-0.15, -0.1) is 0 Å². The Hall–Kier alpha value is -5.81. The summed E-state index contributed by atoms with van der Waals surface area (Å²) in [6, 6.07) is 47.7. The Labute approximate surface area is 287 Å². The summed E-state index contributed by atoms with van der Waals surface area (Å²) in [5.41, 5.74) is 4.28. The molecule has 0 spiro atoms. The second kappa shape index (κ2) is 15.9. The lowest BCUT2D eigenvalue weighted by Crippen LogP contribution is -2.40. The molecular formula is C44H38O5. The summed E-state index contributed by atoms with van der Waals surface area (Å²) in [7, 11) is 0. The molecule has 0 aliphatic heterocycles. The number of allylic oxidation sites excluding steroid dienone is 3. The SMILES string of the molecule is O=C(/C=C(\CC1CC(C(=O)OCc2ccccc2)(C(=O)OCc2ccccc2)C/C1=C/c1ccccc1)c1ccccc1)c1ccccc1. The van der Waals surface area contributed by atoms with Crippen LogP contribution in [-0.4, -0.2) is 17.7 Å². The minimum absolute atomic E-state index is 0.0382. The summed E-state index contributed by atoms with van der Waals surface area (Å²) in [5, 5.41) is 0. The van der Waals surface area contributed by atoms with Crippen LogP contribution in [0.25, 0.3) is 11.6 Å². The number of benzene rings is 5. The van der Waals surface area contributed by atoms with Gasteiger partial charge in [0.05, 0.1) is 0 Å². The van der Waals surface area contributed by atoms with E-state index >= 15 is 0 Å². The summed E-state index contributed by atoms with van der Waals surface area (Å²) in [4.78, 5) is 42.0. The maximum Gasteiger partial charge on any atom is 0.324 e. The maximum atomic E-state index is 14.2. The lowest BCUT2D eigenvalue weighted by Gasteiger charge is -2.25. The highest BCUT2D eigenvalue weighted by Crippen LogP contribution is 2.51. The van der Waals surface area contributed by atoms with Crippen molar-refractivity contribution in [1.29, 1.82) is 0 Å². The number of hydrogen-bond acceptors (Lipinski definition) is 5. The van der Waals surface area contributed by atoms with E-state index in [-0.39, 0.29) is 37.8 Å². The summed E-state index contributed by atoms with van der Waals surface area (Å²) in [5.74, 6) is -1.59. The fourth-order valence-corrected chi connectivity index (χ4v) is 6.39. The number of ether oxygens (including phenoxy) is 2. The van der Waals surface area contributed by atoms with E-state index in [2.05, 4.69) is 6.08 Å². The quantitative estimate of drug-likeness (QED) is 0.0585. The van der Waals surface area contributed by atoms with E-state index in [1.54, 1.807) is 18.2 Å². The Morgan fingerprint density at radius 3 is 1.55 bits per heavy atom. The third-order valence-corrected chi connectivity index (χ3v) is 8.96. The van der Waals surface area contributed by atoms with Crippen molar-refractivity contribution in [3.63, 3.8) is 0 Å². The van der Waals surface area contributed by atoms with Gasteiger partial charge in [0.1, 0.15) is 13.2 Å². The Bertz CT molecular complexity index is 1860. The largest absolute Gasteiger partial charge is 0.460 e. The smallest absolute Gasteiger partial charge is 0.324 e. The zero-order chi connectivity index (χ0) is 33.9. The van der Waals surface area contributed by atoms with Crippen molar-refractivity contribution in [3.8, 4) is 0 Å². The molecule has 1 aliphatic rings. The van der Waals surface area contributed by atoms with Crippen molar-refractivity contribution in [2.45, 2.75) is 32.5 Å². The third-order valence-electron chi connectivity index (χ3n) is 8.96. The molecule has 0 heterocycles. The highest BCUT2D eigenvalue weighted by atomic mass is 16.6. The molecule has 0 N–H and O–H groups in total. The predicted octanol–water partition coefficient (Wildman–Crippen LogP) is 9.31. The molecule has 0 radical (unpaired) electrons. The second-order valence-corrected chi connectivity index (χ2v) is 12.4. The number of esters is 2. The molecule has 0 amide bonds. The van der Waals surface area contributed by atoms with Gasteiger partial charge in [0.25, 0.3) is 0 Å². The Morgan fingerprint density at radius 2 is 1.04 bits per heavy atom. The van der Waals surface area contributed by atoms with Gasteiger partial charge in [-0.05, 0) is 59.1 Å². The molecule has 0 bridgehead atoms. The average molecular weight is 647 g/mol. The minimum atomic E-state index is -1.57. The number of hydrogen-bond donors (Lipinski definition) is 0. The van der Waals surface area contributed by atoms with Crippen molar-refractivity contribution < 1.29 is 23.9 Å². The monoisotopic (exact) mass is 646 g/mol. The van der Waals surface area contributed by atoms with Crippen molar-refractivity contribution in [1.82, 2.24) is 0 Å². The molecule has 1 saturated carbocycles. The first-order valence-corrected chi connectivity index (χ1v) is 16.5. The molecule has 6 rings (SSSR count). The first-order valence-electron chi connectivity index (χ1n) is 16.5. The molecule has 0 aromatic heterocycles. The van der Waals surface area contributed by atoms with Gasteiger partial charge in [-0.3, -0.25) is 14.4 Å². The van der Waals surface area contributed by atoms with E-state index < -0.39 is 17.4 Å². The van der Waals surface area contributed by atoms with Crippen LogP contribution in [0.4, 0.5) is 0 Å². The van der Waals surface area contributed by atoms with Gasteiger partial charge >= 0.3 is 11.9 Å². The number of rotatable bonds is 12. The molecular weight excluding hydrogens is 608 g/mol. The standard InChI is InChI=1S/C44H38O5/c45-41(37-24-14-5-15-25-37)28-38(36-22-12-4-13-23-36)27-40-30-44(29-39(40)26-33-16-6-1-7-17-33,42(46)48-31-34-18-8-2-9-19-34)43(47)49-32-35-20-10-3-11-21-35/h1-26,28,40H,27,29-32H2/b38-28+,39-26-. The first-order chi connectivity index (χ1) is 24.0. The van der Waals surface area contributed by atoms with Gasteiger partial charge in [-0.25, -0.2) is 0 Å². The summed E-state index contributed by atoms with van der Waals surface area (Å²) in [6.45, 7) is 0.0765. The number of carbonyl (C=O) groups is 3. The zero-order valence-electron chi connectivity index (χ0n) is 27.2. The number of ketones is 1. The van der Waals surface area contributed by atoms with E-state index in [0.717, 1.165) is 33.4 Å². The van der Waals surface area contributed by atoms with E-state index in [1.807, 2.05) is 140 Å². The molecule has 5 aromatic carbocycles. The molecule has 5 aromatic rings. The Balaban J connectivity index is 1.38. The fourth-order valence-electron chi connectivity index (χ4n) is 6.39. The van der Waals surface area contributed by atoms with E-state index in [0.29, 0.717) is 12.0 Å². The van der Waals surface area contributed by atoms with Crippen LogP contribution in [0.1, 0.15) is 51.9 Å². The van der Waals surface area contributed by atoms with Crippen LogP contribution in [0, 0.1) is 11.3 Å². The van der Waals surface area contributed by atoms with Crippen LogP contribution < -0.4 is 0 Å². The van der Waals surface area contributed by atoms with Gasteiger partial charge < -0.3 is 9.47 Å². The van der Waals surface area contributed by atoms with E-state index in [1.165, 1.54) is 0 Å². The van der Waals surface area contributed by atoms with Gasteiger partial charge in [0.15, 0.2) is 11.2 Å². The Morgan fingerprint density at radius 1 is 0.592 bits per heavy atom. The van der Waals surface area contributed by atoms with Gasteiger partial charge in [0, 0.05) is 5.56 Å². The van der Waals surface area contributed by atoms with Crippen LogP contribution in [0.5, 0.6) is 0 Å². The van der Waals surface area contributed by atoms with Crippen LogP contribution >= 0.6 is 0 Å². The van der Waals surface area contributed by atoms with Crippen LogP contribution in [-0.2, 0) is 32.3 Å². The van der Waals surface area contributed by atoms with Gasteiger partial charge in [-0.2, -0.15) is 0 Å². The zero-order valence-corrected chi connectivity index (χ0v) is 27.2. The van der Waals surface area contributed by atoms with E-state index in [4.69, 9.17) is 9.47 Å². The second-order valence-electron chi connectivity index (χ2n) is 12.4. The maximum absolute atomic E-state index is 14.2. The van der Waals surface area contributed by atoms with Gasteiger partial charge in [0.2, 0.25) is 0 Å². The first kappa shape index (κ1) is 33.1. The molecule has 1 atom stereocenters. The number of carbonyl (C=O) groups excluding carboxylic acids is 3. The average Bonchev–Trinajstić information content (AvgIpc) is 3.53. The highest BCUT2D eigenvalue weighted by Gasteiger charge is 2.56. The minimum Gasteiger partial charge on any atom is -0.460 e. The van der Waals surface area contributed by atoms with Crippen LogP contribution in [0.15, 0.2) is 163 Å². The predicted molar refractivity (Wildman–Crippen MR) is 192 cm³/mol. The Kier molecular flexibility index (Phi) is 10.7. The molecule has 1 unspecified atom stereocenters. The fraction of sp³-hybridized carbons (Fsp3) is 0.159. The lowest BCUT2D eigenvalue weighted by atomic mass is 9.83. The van der Waals surface area contributed by atoms with Crippen molar-refractivity contribution in [3.05, 3.63) is 191 Å². The molecule has 1 aliphatic carbocycles. The summed E-state index contributed by atoms with van der Waals surface area (Å²) >= 11 is 0. The lowest BCUT2D eigenvalue weighted by molar-refractivity contribution is -0.174. The third kappa shape index (κ3) is 8.38. The van der Waals surface area contributed by atoms with Crippen LogP contribution in [0.2, 0.25) is 0 Å². The van der Waals surface area contributed by atoms with E-state index in [9.17, 15) is 14.4 Å². The molecule has 1 fully saturated rings. The van der Waals surface area contributed by atoms with Gasteiger partial charge in [-0.1, -0.05) is 163 Å². The molecule has 5 heteroatoms. The summed E-state index contributed by atoms with van der Waals surface area (Å²) in [6.07, 6.45) is 4.50. The summed E-state index contributed by atoms with van der Waals surface area (Å²) < 4.78 is 11.8. The van der Waals surface area contributed by atoms with Crippen molar-refractivity contribution >= 4 is 29.4 Å². The molecule has 244 valence electrons. The molecule has 0 saturated heterocycles. The highest BCUT2D eigenvalue weighted by molar-refractivity contribution is 6.08. The normalized spacial score (nSPS) is 16.2. The molecule has 49 heavy (non-hydrogen) atoms.